The van der Waals surface area contributed by atoms with Gasteiger partial charge in [0.05, 0.1) is 6.61 Å². The third-order valence-corrected chi connectivity index (χ3v) is 7.35. The first kappa shape index (κ1) is 29.3. The number of hydrogen-bond acceptors (Lipinski definition) is 6. The van der Waals surface area contributed by atoms with Crippen molar-refractivity contribution in [2.45, 2.75) is 30.9 Å². The highest BCUT2D eigenvalue weighted by Gasteiger charge is 2.53. The molecule has 4 aromatic rings. The van der Waals surface area contributed by atoms with Crippen LogP contribution in [0.1, 0.15) is 34.8 Å². The van der Waals surface area contributed by atoms with Gasteiger partial charge in [-0.2, -0.15) is 0 Å². The first-order valence-electron chi connectivity index (χ1n) is 14.0. The third kappa shape index (κ3) is 7.18. The average Bonchev–Trinajstić information content (AvgIpc) is 3.42. The van der Waals surface area contributed by atoms with Crippen molar-refractivity contribution in [2.75, 3.05) is 19.8 Å². The molecule has 0 saturated carbocycles. The molecule has 0 saturated heterocycles. The number of nitrogens with zero attached hydrogens (tertiary/aromatic N) is 1. The van der Waals surface area contributed by atoms with Crippen LogP contribution < -0.4 is 15.6 Å². The normalized spacial score (nSPS) is 17.8. The summed E-state index contributed by atoms with van der Waals surface area (Å²) in [5.41, 5.74) is 8.43. The summed E-state index contributed by atoms with van der Waals surface area (Å²) in [7, 11) is 0. The number of aliphatic hydroxyl groups excluding tert-OH is 1. The maximum absolute atomic E-state index is 14.2. The van der Waals surface area contributed by atoms with Crippen LogP contribution in [0.25, 0.3) is 0 Å². The molecule has 1 heterocycles. The fourth-order valence-corrected chi connectivity index (χ4v) is 5.05. The van der Waals surface area contributed by atoms with Crippen molar-refractivity contribution in [1.29, 1.82) is 0 Å². The first-order chi connectivity index (χ1) is 20.6. The van der Waals surface area contributed by atoms with E-state index < -0.39 is 11.6 Å². The highest BCUT2D eigenvalue weighted by molar-refractivity contribution is 6.30. The summed E-state index contributed by atoms with van der Waals surface area (Å²) in [6, 6.07) is 34.7. The number of rotatable bonds is 13. The SMILES string of the molecule is O=C(NNCCc1ccc(Cl)cc1)[C@@]1(Cc2ccccc2)N=C(c2ccc(OCCCO)cc2)O[C@H]1c1ccccc1. The first-order valence-corrected chi connectivity index (χ1v) is 14.4. The molecule has 216 valence electrons. The number of ether oxygens (including phenoxy) is 2. The maximum atomic E-state index is 14.2. The molecule has 8 heteroatoms. The Morgan fingerprint density at radius 1 is 0.905 bits per heavy atom. The van der Waals surface area contributed by atoms with E-state index in [2.05, 4.69) is 10.9 Å². The van der Waals surface area contributed by atoms with E-state index in [9.17, 15) is 4.79 Å². The zero-order valence-electron chi connectivity index (χ0n) is 23.2. The Kier molecular flexibility index (Phi) is 9.87. The van der Waals surface area contributed by atoms with Crippen LogP contribution in [0.5, 0.6) is 5.75 Å². The zero-order valence-corrected chi connectivity index (χ0v) is 24.0. The number of aliphatic hydroxyl groups is 1. The molecule has 0 radical (unpaired) electrons. The largest absolute Gasteiger partial charge is 0.494 e. The van der Waals surface area contributed by atoms with Crippen LogP contribution in [0, 0.1) is 0 Å². The van der Waals surface area contributed by atoms with Crippen LogP contribution in [0.15, 0.2) is 114 Å². The molecule has 0 unspecified atom stereocenters. The molecule has 7 nitrogen and oxygen atoms in total. The van der Waals surface area contributed by atoms with Gasteiger partial charge in [-0.3, -0.25) is 10.2 Å². The summed E-state index contributed by atoms with van der Waals surface area (Å²) in [5.74, 6) is 0.789. The van der Waals surface area contributed by atoms with E-state index in [0.29, 0.717) is 49.1 Å². The minimum atomic E-state index is -1.28. The topological polar surface area (TPSA) is 92.2 Å². The maximum Gasteiger partial charge on any atom is 0.266 e. The summed E-state index contributed by atoms with van der Waals surface area (Å²) in [4.78, 5) is 19.2. The molecule has 1 amide bonds. The summed E-state index contributed by atoms with van der Waals surface area (Å²) >= 11 is 6.01. The minimum absolute atomic E-state index is 0.0746. The number of aliphatic imine (C=N–C) groups is 1. The highest BCUT2D eigenvalue weighted by Crippen LogP contribution is 2.42. The molecule has 42 heavy (non-hydrogen) atoms. The Morgan fingerprint density at radius 2 is 1.60 bits per heavy atom. The summed E-state index contributed by atoms with van der Waals surface area (Å²) < 4.78 is 12.2. The number of nitrogens with one attached hydrogen (secondary N) is 2. The minimum Gasteiger partial charge on any atom is -0.494 e. The lowest BCUT2D eigenvalue weighted by Crippen LogP contribution is -2.54. The number of carbonyl (C=O) groups is 1. The van der Waals surface area contributed by atoms with Crippen LogP contribution in [0.2, 0.25) is 5.02 Å². The lowest BCUT2D eigenvalue weighted by atomic mass is 9.82. The van der Waals surface area contributed by atoms with E-state index in [4.69, 9.17) is 31.2 Å². The van der Waals surface area contributed by atoms with Crippen molar-refractivity contribution in [3.05, 3.63) is 136 Å². The zero-order chi connectivity index (χ0) is 29.2. The van der Waals surface area contributed by atoms with Gasteiger partial charge in [-0.1, -0.05) is 84.4 Å². The molecule has 0 bridgehead atoms. The molecule has 0 spiro atoms. The van der Waals surface area contributed by atoms with E-state index >= 15 is 0 Å². The Morgan fingerprint density at radius 3 is 2.29 bits per heavy atom. The van der Waals surface area contributed by atoms with Crippen molar-refractivity contribution in [2.24, 2.45) is 4.99 Å². The van der Waals surface area contributed by atoms with Crippen molar-refractivity contribution in [3.63, 3.8) is 0 Å². The van der Waals surface area contributed by atoms with Crippen LogP contribution >= 0.6 is 11.6 Å². The standard InChI is InChI=1S/C34H34ClN3O4/c35-29-16-12-25(13-17-29)20-21-36-38-33(40)34(24-26-8-3-1-4-9-26)31(27-10-5-2-6-11-27)42-32(37-34)28-14-18-30(19-15-28)41-23-7-22-39/h1-6,8-19,31,36,39H,7,20-24H2,(H,38,40)/t31-,34-/m0/s1. The molecule has 0 aromatic heterocycles. The molecule has 1 aliphatic rings. The third-order valence-electron chi connectivity index (χ3n) is 7.10. The molecule has 5 rings (SSSR count). The van der Waals surface area contributed by atoms with E-state index in [-0.39, 0.29) is 12.5 Å². The van der Waals surface area contributed by atoms with Crippen LogP contribution in [-0.4, -0.2) is 42.2 Å². The second-order valence-electron chi connectivity index (χ2n) is 10.1. The Hall–Kier alpha value is -4.17. The Labute approximate surface area is 251 Å². The number of amides is 1. The van der Waals surface area contributed by atoms with Gasteiger partial charge in [-0.25, -0.2) is 10.4 Å². The Balaban J connectivity index is 1.43. The Bertz CT molecular complexity index is 1460. The molecule has 2 atom stereocenters. The van der Waals surface area contributed by atoms with E-state index in [1.165, 1.54) is 0 Å². The molecule has 1 aliphatic heterocycles. The molecule has 4 aromatic carbocycles. The smallest absolute Gasteiger partial charge is 0.266 e. The fourth-order valence-electron chi connectivity index (χ4n) is 4.93. The monoisotopic (exact) mass is 583 g/mol. The second-order valence-corrected chi connectivity index (χ2v) is 10.6. The predicted octanol–water partition coefficient (Wildman–Crippen LogP) is 5.46. The summed E-state index contributed by atoms with van der Waals surface area (Å²) in [6.07, 6.45) is 0.946. The molecule has 0 fully saturated rings. The van der Waals surface area contributed by atoms with E-state index in [1.54, 1.807) is 0 Å². The molecule has 3 N–H and O–H groups in total. The van der Waals surface area contributed by atoms with Crippen molar-refractivity contribution >= 4 is 23.4 Å². The fraction of sp³-hybridized carbons (Fsp3) is 0.235. The van der Waals surface area contributed by atoms with Gasteiger partial charge in [0.2, 0.25) is 5.90 Å². The molecule has 0 aliphatic carbocycles. The van der Waals surface area contributed by atoms with E-state index in [0.717, 1.165) is 22.3 Å². The second kappa shape index (κ2) is 14.1. The number of hydrogen-bond donors (Lipinski definition) is 3. The van der Waals surface area contributed by atoms with E-state index in [1.807, 2.05) is 109 Å². The van der Waals surface area contributed by atoms with Crippen LogP contribution in [-0.2, 0) is 22.4 Å². The highest BCUT2D eigenvalue weighted by atomic mass is 35.5. The van der Waals surface area contributed by atoms with Gasteiger partial charge in [0.15, 0.2) is 11.6 Å². The van der Waals surface area contributed by atoms with Gasteiger partial charge in [0.1, 0.15) is 5.75 Å². The van der Waals surface area contributed by atoms with Gasteiger partial charge >= 0.3 is 0 Å². The van der Waals surface area contributed by atoms with Crippen molar-refractivity contribution in [3.8, 4) is 5.75 Å². The van der Waals surface area contributed by atoms with Gasteiger partial charge in [-0.15, -0.1) is 0 Å². The number of carbonyl (C=O) groups excluding carboxylic acids is 1. The van der Waals surface area contributed by atoms with Crippen molar-refractivity contribution < 1.29 is 19.4 Å². The van der Waals surface area contributed by atoms with Gasteiger partial charge in [0, 0.05) is 36.6 Å². The van der Waals surface area contributed by atoms with Crippen LogP contribution in [0.3, 0.4) is 0 Å². The van der Waals surface area contributed by atoms with Crippen molar-refractivity contribution in [1.82, 2.24) is 10.9 Å². The number of hydrazine groups is 1. The van der Waals surface area contributed by atoms with Gasteiger partial charge < -0.3 is 14.6 Å². The van der Waals surface area contributed by atoms with Crippen LogP contribution in [0.4, 0.5) is 0 Å². The summed E-state index contributed by atoms with van der Waals surface area (Å²) in [6.45, 7) is 1.03. The van der Waals surface area contributed by atoms with Gasteiger partial charge in [0.25, 0.3) is 5.91 Å². The van der Waals surface area contributed by atoms with Gasteiger partial charge in [-0.05, 0) is 59.5 Å². The predicted molar refractivity (Wildman–Crippen MR) is 165 cm³/mol. The molecular formula is C34H34ClN3O4. The average molecular weight is 584 g/mol. The summed E-state index contributed by atoms with van der Waals surface area (Å²) in [5, 5.41) is 9.71. The lowest BCUT2D eigenvalue weighted by molar-refractivity contribution is -0.130. The molecular weight excluding hydrogens is 550 g/mol. The quantitative estimate of drug-likeness (QED) is 0.143. The lowest BCUT2D eigenvalue weighted by Gasteiger charge is -2.30. The number of benzene rings is 4. The number of halogens is 1.